The summed E-state index contributed by atoms with van der Waals surface area (Å²) in [5.41, 5.74) is 1.20. The Labute approximate surface area is 122 Å². The van der Waals surface area contributed by atoms with Gasteiger partial charge in [-0.1, -0.05) is 26.0 Å². The zero-order valence-electron chi connectivity index (χ0n) is 12.0. The highest BCUT2D eigenvalue weighted by Gasteiger charge is 2.16. The Morgan fingerprint density at radius 3 is 2.14 bits per heavy atom. The fourth-order valence-corrected chi connectivity index (χ4v) is 2.31. The minimum atomic E-state index is -0.462. The van der Waals surface area contributed by atoms with Crippen molar-refractivity contribution in [3.8, 4) is 0 Å². The molecule has 1 unspecified atom stereocenters. The molecule has 112 valence electrons. The molecule has 2 aromatic rings. The number of nitrogens with one attached hydrogen (secondary N) is 1. The second kappa shape index (κ2) is 6.76. The molecule has 0 amide bonds. The molecule has 21 heavy (non-hydrogen) atoms. The van der Waals surface area contributed by atoms with Crippen molar-refractivity contribution in [1.82, 2.24) is 5.32 Å². The molecular weight excluding hydrogens is 275 g/mol. The van der Waals surface area contributed by atoms with Crippen LogP contribution in [-0.2, 0) is 6.54 Å². The van der Waals surface area contributed by atoms with Crippen molar-refractivity contribution in [2.75, 3.05) is 0 Å². The summed E-state index contributed by atoms with van der Waals surface area (Å²) in [7, 11) is 0. The quantitative estimate of drug-likeness (QED) is 0.850. The lowest BCUT2D eigenvalue weighted by Gasteiger charge is -2.23. The van der Waals surface area contributed by atoms with Gasteiger partial charge in [0.15, 0.2) is 0 Å². The number of hydrogen-bond donors (Lipinski definition) is 1. The summed E-state index contributed by atoms with van der Waals surface area (Å²) in [5.74, 6) is -0.967. The van der Waals surface area contributed by atoms with Crippen molar-refractivity contribution in [2.24, 2.45) is 5.92 Å². The first-order valence-electron chi connectivity index (χ1n) is 6.90. The monoisotopic (exact) mass is 293 g/mol. The fraction of sp³-hybridized carbons (Fsp3) is 0.294. The third kappa shape index (κ3) is 4.08. The third-order valence-electron chi connectivity index (χ3n) is 3.42. The standard InChI is InChI=1S/C17H18F3N/c1-11(2)17(12-3-5-14(18)6-4-12)21-10-13-9-15(19)7-8-16(13)20/h3-9,11,17,21H,10H2,1-2H3. The Balaban J connectivity index is 2.13. The van der Waals surface area contributed by atoms with E-state index in [1.165, 1.54) is 18.2 Å². The molecule has 0 aliphatic heterocycles. The Morgan fingerprint density at radius 1 is 0.905 bits per heavy atom. The first kappa shape index (κ1) is 15.6. The van der Waals surface area contributed by atoms with Crippen molar-refractivity contribution in [3.63, 3.8) is 0 Å². The van der Waals surface area contributed by atoms with Crippen molar-refractivity contribution in [2.45, 2.75) is 26.4 Å². The molecule has 0 saturated carbocycles. The van der Waals surface area contributed by atoms with Crippen molar-refractivity contribution in [3.05, 3.63) is 71.0 Å². The molecule has 0 saturated heterocycles. The van der Waals surface area contributed by atoms with E-state index < -0.39 is 11.6 Å². The molecule has 0 aliphatic rings. The van der Waals surface area contributed by atoms with Crippen molar-refractivity contribution >= 4 is 0 Å². The SMILES string of the molecule is CC(C)C(NCc1cc(F)ccc1F)c1ccc(F)cc1. The van der Waals surface area contributed by atoms with E-state index in [0.717, 1.165) is 17.7 Å². The Bertz CT molecular complexity index is 593. The number of rotatable bonds is 5. The Kier molecular flexibility index (Phi) is 5.02. The zero-order chi connectivity index (χ0) is 15.4. The van der Waals surface area contributed by atoms with Crippen LogP contribution in [0, 0.1) is 23.4 Å². The van der Waals surface area contributed by atoms with Gasteiger partial charge in [0.05, 0.1) is 0 Å². The molecule has 1 N–H and O–H groups in total. The van der Waals surface area contributed by atoms with Crippen LogP contribution in [0.25, 0.3) is 0 Å². The first-order chi connectivity index (χ1) is 9.97. The summed E-state index contributed by atoms with van der Waals surface area (Å²) in [6, 6.07) is 9.54. The van der Waals surface area contributed by atoms with Gasteiger partial charge in [0.25, 0.3) is 0 Å². The van der Waals surface area contributed by atoms with E-state index in [4.69, 9.17) is 0 Å². The lowest BCUT2D eigenvalue weighted by atomic mass is 9.95. The molecule has 0 radical (unpaired) electrons. The smallest absolute Gasteiger partial charge is 0.127 e. The van der Waals surface area contributed by atoms with Crippen molar-refractivity contribution < 1.29 is 13.2 Å². The molecule has 0 heterocycles. The van der Waals surface area contributed by atoms with Crippen molar-refractivity contribution in [1.29, 1.82) is 0 Å². The highest BCUT2D eigenvalue weighted by Crippen LogP contribution is 2.23. The summed E-state index contributed by atoms with van der Waals surface area (Å²) in [5, 5.41) is 3.21. The van der Waals surface area contributed by atoms with E-state index >= 15 is 0 Å². The van der Waals surface area contributed by atoms with Gasteiger partial charge in [-0.15, -0.1) is 0 Å². The van der Waals surface area contributed by atoms with Crippen LogP contribution < -0.4 is 5.32 Å². The molecule has 4 heteroatoms. The summed E-state index contributed by atoms with van der Waals surface area (Å²) < 4.78 is 39.8. The lowest BCUT2D eigenvalue weighted by molar-refractivity contribution is 0.405. The van der Waals surface area contributed by atoms with Gasteiger partial charge in [-0.3, -0.25) is 0 Å². The molecular formula is C17H18F3N. The molecule has 0 aromatic heterocycles. The summed E-state index contributed by atoms with van der Waals surface area (Å²) in [6.45, 7) is 4.25. The fourth-order valence-electron chi connectivity index (χ4n) is 2.31. The number of hydrogen-bond acceptors (Lipinski definition) is 1. The zero-order valence-corrected chi connectivity index (χ0v) is 12.0. The number of halogens is 3. The second-order valence-electron chi connectivity index (χ2n) is 5.39. The molecule has 0 aliphatic carbocycles. The van der Waals surface area contributed by atoms with Gasteiger partial charge in [0, 0.05) is 18.2 Å². The van der Waals surface area contributed by atoms with Crippen LogP contribution in [-0.4, -0.2) is 0 Å². The Morgan fingerprint density at radius 2 is 1.52 bits per heavy atom. The van der Waals surface area contributed by atoms with Crippen LogP contribution in [0.4, 0.5) is 13.2 Å². The second-order valence-corrected chi connectivity index (χ2v) is 5.39. The summed E-state index contributed by atoms with van der Waals surface area (Å²) in [4.78, 5) is 0. The minimum absolute atomic E-state index is 0.0618. The molecule has 1 nitrogen and oxygen atoms in total. The van der Waals surface area contributed by atoms with Crippen LogP contribution >= 0.6 is 0 Å². The summed E-state index contributed by atoms with van der Waals surface area (Å²) >= 11 is 0. The van der Waals surface area contributed by atoms with Gasteiger partial charge in [0.1, 0.15) is 17.5 Å². The molecule has 0 spiro atoms. The minimum Gasteiger partial charge on any atom is -0.306 e. The van der Waals surface area contributed by atoms with Gasteiger partial charge >= 0.3 is 0 Å². The maximum Gasteiger partial charge on any atom is 0.127 e. The molecule has 0 fully saturated rings. The highest BCUT2D eigenvalue weighted by molar-refractivity contribution is 5.22. The predicted octanol–water partition coefficient (Wildman–Crippen LogP) is 4.59. The largest absolute Gasteiger partial charge is 0.306 e. The molecule has 0 bridgehead atoms. The molecule has 2 aromatic carbocycles. The van der Waals surface area contributed by atoms with Gasteiger partial charge < -0.3 is 5.32 Å². The number of benzene rings is 2. The van der Waals surface area contributed by atoms with Crippen LogP contribution in [0.5, 0.6) is 0 Å². The predicted molar refractivity (Wildman–Crippen MR) is 77.2 cm³/mol. The van der Waals surface area contributed by atoms with E-state index in [9.17, 15) is 13.2 Å². The normalized spacial score (nSPS) is 12.7. The molecule has 2 rings (SSSR count). The lowest BCUT2D eigenvalue weighted by Crippen LogP contribution is -2.25. The first-order valence-corrected chi connectivity index (χ1v) is 6.90. The maximum absolute atomic E-state index is 13.6. The maximum atomic E-state index is 13.6. The van der Waals surface area contributed by atoms with E-state index in [0.29, 0.717) is 0 Å². The van der Waals surface area contributed by atoms with Crippen LogP contribution in [0.15, 0.2) is 42.5 Å². The van der Waals surface area contributed by atoms with E-state index in [2.05, 4.69) is 5.32 Å². The van der Waals surface area contributed by atoms with Crippen LogP contribution in [0.3, 0.4) is 0 Å². The average molecular weight is 293 g/mol. The van der Waals surface area contributed by atoms with E-state index in [1.54, 1.807) is 12.1 Å². The summed E-state index contributed by atoms with van der Waals surface area (Å²) in [6.07, 6.45) is 0. The highest BCUT2D eigenvalue weighted by atomic mass is 19.1. The average Bonchev–Trinajstić information content (AvgIpc) is 2.44. The van der Waals surface area contributed by atoms with E-state index in [1.807, 2.05) is 13.8 Å². The van der Waals surface area contributed by atoms with Gasteiger partial charge in [-0.25, -0.2) is 13.2 Å². The van der Waals surface area contributed by atoms with Gasteiger partial charge in [-0.05, 0) is 41.8 Å². The van der Waals surface area contributed by atoms with E-state index in [-0.39, 0.29) is 29.9 Å². The third-order valence-corrected chi connectivity index (χ3v) is 3.42. The topological polar surface area (TPSA) is 12.0 Å². The Hall–Kier alpha value is -1.81. The van der Waals surface area contributed by atoms with Gasteiger partial charge in [0.2, 0.25) is 0 Å². The van der Waals surface area contributed by atoms with Crippen LogP contribution in [0.1, 0.15) is 31.0 Å². The molecule has 1 atom stereocenters. The van der Waals surface area contributed by atoms with Crippen LogP contribution in [0.2, 0.25) is 0 Å². The van der Waals surface area contributed by atoms with Gasteiger partial charge in [-0.2, -0.15) is 0 Å².